The Balaban J connectivity index is 1.30. The van der Waals surface area contributed by atoms with Gasteiger partial charge < -0.3 is 20.4 Å². The molecule has 0 spiro atoms. The van der Waals surface area contributed by atoms with E-state index >= 15 is 0 Å². The van der Waals surface area contributed by atoms with E-state index in [9.17, 15) is 14.0 Å². The number of nitrogens with zero attached hydrogens (tertiary/aromatic N) is 1. The molecule has 5 rings (SSSR count). The molecule has 3 aromatic rings. The second-order valence-corrected chi connectivity index (χ2v) is 10.8. The fourth-order valence-electron chi connectivity index (χ4n) is 5.23. The number of amides is 2. The molecule has 1 aromatic heterocycles. The molecule has 7 nitrogen and oxygen atoms in total. The molecule has 0 atom stereocenters. The Morgan fingerprint density at radius 1 is 1.19 bits per heavy atom. The number of hydrogen-bond donors (Lipinski definition) is 3. The van der Waals surface area contributed by atoms with Crippen LogP contribution in [0.2, 0.25) is 0 Å². The van der Waals surface area contributed by atoms with Gasteiger partial charge >= 0.3 is 6.09 Å². The van der Waals surface area contributed by atoms with E-state index in [2.05, 4.69) is 38.7 Å². The smallest absolute Gasteiger partial charge is 0.407 e. The average molecular weight is 493 g/mol. The van der Waals surface area contributed by atoms with Gasteiger partial charge in [-0.3, -0.25) is 9.69 Å². The third-order valence-corrected chi connectivity index (χ3v) is 6.80. The number of rotatable bonds is 4. The maximum absolute atomic E-state index is 14.2. The van der Waals surface area contributed by atoms with Gasteiger partial charge in [0.2, 0.25) is 0 Å². The molecule has 36 heavy (non-hydrogen) atoms. The van der Waals surface area contributed by atoms with Crippen LogP contribution in [-0.2, 0) is 17.7 Å². The molecule has 8 heteroatoms. The minimum atomic E-state index is -0.500. The van der Waals surface area contributed by atoms with Gasteiger partial charge in [0.15, 0.2) is 0 Å². The van der Waals surface area contributed by atoms with Crippen molar-refractivity contribution in [2.75, 3.05) is 19.6 Å². The minimum Gasteiger partial charge on any atom is -0.444 e. The molecule has 2 amide bonds. The number of aromatic amines is 1. The number of aromatic nitrogens is 1. The van der Waals surface area contributed by atoms with Crippen molar-refractivity contribution in [2.24, 2.45) is 0 Å². The molecular formula is C28H33FN4O3. The molecule has 0 bridgehead atoms. The van der Waals surface area contributed by atoms with Crippen LogP contribution in [0.5, 0.6) is 0 Å². The minimum absolute atomic E-state index is 0.122. The van der Waals surface area contributed by atoms with Crippen molar-refractivity contribution < 1.29 is 18.7 Å². The van der Waals surface area contributed by atoms with Gasteiger partial charge in [0.1, 0.15) is 11.4 Å². The Kier molecular flexibility index (Phi) is 6.47. The molecule has 190 valence electrons. The molecule has 2 aliphatic rings. The van der Waals surface area contributed by atoms with Gasteiger partial charge in [-0.1, -0.05) is 18.2 Å². The SMILES string of the molecule is CC(C)(C)OC(=O)NC1CCN(Cc2cccc(-c3[nH]c4cc(F)cc5c4c3CCNC5=O)c2)CC1. The van der Waals surface area contributed by atoms with Gasteiger partial charge in [-0.15, -0.1) is 0 Å². The summed E-state index contributed by atoms with van der Waals surface area (Å²) in [5.41, 5.74) is 4.74. The number of carbonyl (C=O) groups is 2. The Labute approximate surface area is 210 Å². The summed E-state index contributed by atoms with van der Waals surface area (Å²) >= 11 is 0. The first-order valence-electron chi connectivity index (χ1n) is 12.6. The van der Waals surface area contributed by atoms with E-state index in [1.165, 1.54) is 17.7 Å². The molecule has 1 fully saturated rings. The fraction of sp³-hybridized carbons (Fsp3) is 0.429. The summed E-state index contributed by atoms with van der Waals surface area (Å²) in [4.78, 5) is 30.3. The molecule has 1 saturated heterocycles. The maximum atomic E-state index is 14.2. The van der Waals surface area contributed by atoms with Crippen LogP contribution in [0.15, 0.2) is 36.4 Å². The fourth-order valence-corrected chi connectivity index (χ4v) is 5.23. The largest absolute Gasteiger partial charge is 0.444 e. The zero-order chi connectivity index (χ0) is 25.4. The Hall–Kier alpha value is -3.39. The van der Waals surface area contributed by atoms with Crippen molar-refractivity contribution >= 4 is 22.9 Å². The number of benzene rings is 2. The Morgan fingerprint density at radius 3 is 2.72 bits per heavy atom. The van der Waals surface area contributed by atoms with E-state index in [1.54, 1.807) is 0 Å². The van der Waals surface area contributed by atoms with Gasteiger partial charge in [-0.25, -0.2) is 9.18 Å². The second-order valence-electron chi connectivity index (χ2n) is 10.8. The van der Waals surface area contributed by atoms with Crippen LogP contribution in [-0.4, -0.2) is 53.2 Å². The lowest BCUT2D eigenvalue weighted by Gasteiger charge is -2.33. The first-order valence-corrected chi connectivity index (χ1v) is 12.6. The normalized spacial score (nSPS) is 17.1. The first-order chi connectivity index (χ1) is 17.2. The number of alkyl carbamates (subject to hydrolysis) is 1. The summed E-state index contributed by atoms with van der Waals surface area (Å²) < 4.78 is 19.6. The van der Waals surface area contributed by atoms with E-state index < -0.39 is 11.4 Å². The molecule has 2 aromatic carbocycles. The highest BCUT2D eigenvalue weighted by atomic mass is 19.1. The molecular weight excluding hydrogens is 459 g/mol. The van der Waals surface area contributed by atoms with Crippen LogP contribution in [0.3, 0.4) is 0 Å². The summed E-state index contributed by atoms with van der Waals surface area (Å²) in [7, 11) is 0. The maximum Gasteiger partial charge on any atom is 0.407 e. The van der Waals surface area contributed by atoms with Crippen molar-refractivity contribution in [2.45, 2.75) is 58.2 Å². The third-order valence-electron chi connectivity index (χ3n) is 6.80. The molecule has 3 N–H and O–H groups in total. The van der Waals surface area contributed by atoms with E-state index in [0.29, 0.717) is 24.0 Å². The third kappa shape index (κ3) is 5.23. The summed E-state index contributed by atoms with van der Waals surface area (Å²) in [6, 6.07) is 11.3. The van der Waals surface area contributed by atoms with Crippen molar-refractivity contribution in [1.29, 1.82) is 0 Å². The number of nitrogens with one attached hydrogen (secondary N) is 3. The highest BCUT2D eigenvalue weighted by molar-refractivity contribution is 6.10. The number of halogens is 1. The number of piperidine rings is 1. The second kappa shape index (κ2) is 9.58. The summed E-state index contributed by atoms with van der Waals surface area (Å²) in [5, 5.41) is 6.68. The van der Waals surface area contributed by atoms with Crippen LogP contribution < -0.4 is 10.6 Å². The van der Waals surface area contributed by atoms with Crippen LogP contribution in [0.1, 0.15) is 55.1 Å². The Morgan fingerprint density at radius 2 is 1.97 bits per heavy atom. The van der Waals surface area contributed by atoms with Crippen LogP contribution in [0, 0.1) is 5.82 Å². The molecule has 3 heterocycles. The highest BCUT2D eigenvalue weighted by Gasteiger charge is 2.25. The van der Waals surface area contributed by atoms with E-state index in [0.717, 1.165) is 54.7 Å². The topological polar surface area (TPSA) is 86.5 Å². The zero-order valence-electron chi connectivity index (χ0n) is 21.0. The summed E-state index contributed by atoms with van der Waals surface area (Å²) in [5.74, 6) is -0.658. The van der Waals surface area contributed by atoms with Gasteiger partial charge in [-0.2, -0.15) is 0 Å². The Bertz CT molecular complexity index is 1300. The summed E-state index contributed by atoms with van der Waals surface area (Å²) in [6.07, 6.45) is 2.08. The standard InChI is InChI=1S/C28H33FN4O3/c1-28(2,3)36-27(35)31-20-8-11-33(12-9-20)16-17-5-4-6-18(13-17)25-21-7-10-30-26(34)22-14-19(29)15-23(32-25)24(21)22/h4-6,13-15,20,32H,7-12,16H2,1-3H3,(H,30,34)(H,31,35). The lowest BCUT2D eigenvalue weighted by molar-refractivity contribution is 0.0477. The lowest BCUT2D eigenvalue weighted by Crippen LogP contribution is -2.45. The van der Waals surface area contributed by atoms with Crippen molar-refractivity contribution in [3.05, 3.63) is 58.9 Å². The van der Waals surface area contributed by atoms with Gasteiger partial charge in [0, 0.05) is 48.8 Å². The molecule has 0 saturated carbocycles. The van der Waals surface area contributed by atoms with E-state index in [-0.39, 0.29) is 18.0 Å². The van der Waals surface area contributed by atoms with Crippen LogP contribution in [0.25, 0.3) is 22.2 Å². The van der Waals surface area contributed by atoms with Gasteiger partial charge in [0.05, 0.1) is 5.56 Å². The van der Waals surface area contributed by atoms with Crippen LogP contribution in [0.4, 0.5) is 9.18 Å². The van der Waals surface area contributed by atoms with Crippen molar-refractivity contribution in [3.8, 4) is 11.3 Å². The molecule has 0 aliphatic carbocycles. The van der Waals surface area contributed by atoms with Gasteiger partial charge in [-0.05, 0) is 74.9 Å². The highest BCUT2D eigenvalue weighted by Crippen LogP contribution is 2.35. The van der Waals surface area contributed by atoms with Crippen molar-refractivity contribution in [1.82, 2.24) is 20.5 Å². The lowest BCUT2D eigenvalue weighted by atomic mass is 9.99. The van der Waals surface area contributed by atoms with Crippen molar-refractivity contribution in [3.63, 3.8) is 0 Å². The van der Waals surface area contributed by atoms with Crippen LogP contribution >= 0.6 is 0 Å². The number of carbonyl (C=O) groups excluding carboxylic acids is 2. The predicted octanol–water partition coefficient (Wildman–Crippen LogP) is 4.75. The number of H-pyrrole nitrogens is 1. The quantitative estimate of drug-likeness (QED) is 0.491. The summed E-state index contributed by atoms with van der Waals surface area (Å²) in [6.45, 7) is 8.69. The number of ether oxygens (including phenoxy) is 1. The number of likely N-dealkylation sites (tertiary alicyclic amines) is 1. The van der Waals surface area contributed by atoms with E-state index in [4.69, 9.17) is 4.74 Å². The number of hydrogen-bond acceptors (Lipinski definition) is 4. The van der Waals surface area contributed by atoms with E-state index in [1.807, 2.05) is 26.8 Å². The zero-order valence-corrected chi connectivity index (χ0v) is 21.0. The first kappa shape index (κ1) is 24.3. The molecule has 0 radical (unpaired) electrons. The molecule has 0 unspecified atom stereocenters. The predicted molar refractivity (Wildman–Crippen MR) is 137 cm³/mol. The average Bonchev–Trinajstić information content (AvgIpc) is 3.08. The monoisotopic (exact) mass is 492 g/mol. The molecule has 2 aliphatic heterocycles. The van der Waals surface area contributed by atoms with Gasteiger partial charge in [0.25, 0.3) is 5.91 Å².